The highest BCUT2D eigenvalue weighted by atomic mass is 16.2. The number of aromatic nitrogens is 2. The van der Waals surface area contributed by atoms with Crippen molar-refractivity contribution in [1.82, 2.24) is 9.97 Å². The summed E-state index contributed by atoms with van der Waals surface area (Å²) in [5.74, 6) is -0.198. The van der Waals surface area contributed by atoms with Crippen molar-refractivity contribution in [1.29, 1.82) is 0 Å². The van der Waals surface area contributed by atoms with Gasteiger partial charge in [0.25, 0.3) is 0 Å². The number of fused-ring (bicyclic) bond motifs is 1. The highest BCUT2D eigenvalue weighted by Gasteiger charge is 2.27. The summed E-state index contributed by atoms with van der Waals surface area (Å²) in [4.78, 5) is 20.4. The number of benzene rings is 1. The first-order valence-electron chi connectivity index (χ1n) is 6.15. The van der Waals surface area contributed by atoms with Gasteiger partial charge in [-0.1, -0.05) is 20.8 Å². The number of carbonyl (C=O) groups excluding carboxylic acids is 1. The van der Waals surface area contributed by atoms with Gasteiger partial charge in [-0.3, -0.25) is 14.8 Å². The zero-order valence-electron chi connectivity index (χ0n) is 11.3. The third kappa shape index (κ3) is 3.06. The number of hydrogen-bond acceptors (Lipinski definition) is 4. The Morgan fingerprint density at radius 3 is 2.47 bits per heavy atom. The minimum Gasteiger partial charge on any atom is -0.325 e. The number of rotatable bonds is 2. The second kappa shape index (κ2) is 4.93. The van der Waals surface area contributed by atoms with Crippen LogP contribution in [0.3, 0.4) is 0 Å². The average molecular weight is 258 g/mol. The third-order valence-electron chi connectivity index (χ3n) is 2.95. The molecule has 3 N–H and O–H groups in total. The minimum atomic E-state index is -0.565. The molecular formula is C14H18N4O. The topological polar surface area (TPSA) is 80.9 Å². The standard InChI is InChI=1S/C14H18N4O/c1-14(2,3)12(15)13(19)18-9-4-5-10-11(8-9)17-7-6-16-10/h4-8,12H,15H2,1-3H3,(H,18,19)/t12-/m1/s1. The third-order valence-corrected chi connectivity index (χ3v) is 2.95. The van der Waals surface area contributed by atoms with E-state index in [4.69, 9.17) is 5.73 Å². The lowest BCUT2D eigenvalue weighted by Crippen LogP contribution is -2.45. The Labute approximate surface area is 112 Å². The van der Waals surface area contributed by atoms with Crippen molar-refractivity contribution in [2.24, 2.45) is 11.1 Å². The fraction of sp³-hybridized carbons (Fsp3) is 0.357. The normalized spacial score (nSPS) is 13.3. The Hall–Kier alpha value is -2.01. The molecule has 1 aromatic heterocycles. The number of nitrogens with one attached hydrogen (secondary N) is 1. The second-order valence-corrected chi connectivity index (χ2v) is 5.59. The largest absolute Gasteiger partial charge is 0.325 e. The molecule has 1 atom stereocenters. The zero-order chi connectivity index (χ0) is 14.0. The van der Waals surface area contributed by atoms with E-state index in [1.807, 2.05) is 26.8 Å². The first-order chi connectivity index (χ1) is 8.88. The maximum absolute atomic E-state index is 12.0. The van der Waals surface area contributed by atoms with E-state index in [9.17, 15) is 4.79 Å². The Morgan fingerprint density at radius 1 is 1.21 bits per heavy atom. The highest BCUT2D eigenvalue weighted by Crippen LogP contribution is 2.20. The van der Waals surface area contributed by atoms with Crippen molar-refractivity contribution in [2.75, 3.05) is 5.32 Å². The monoisotopic (exact) mass is 258 g/mol. The van der Waals surface area contributed by atoms with Crippen LogP contribution >= 0.6 is 0 Å². The van der Waals surface area contributed by atoms with Crippen LogP contribution in [0.15, 0.2) is 30.6 Å². The molecule has 0 aliphatic heterocycles. The van der Waals surface area contributed by atoms with E-state index in [-0.39, 0.29) is 11.3 Å². The molecule has 2 aromatic rings. The molecule has 0 unspecified atom stereocenters. The Morgan fingerprint density at radius 2 is 1.84 bits per heavy atom. The second-order valence-electron chi connectivity index (χ2n) is 5.59. The molecule has 0 saturated heterocycles. The predicted molar refractivity (Wildman–Crippen MR) is 75.6 cm³/mol. The minimum absolute atomic E-state index is 0.198. The van der Waals surface area contributed by atoms with Crippen LogP contribution in [0.4, 0.5) is 5.69 Å². The van der Waals surface area contributed by atoms with Crippen LogP contribution in [0.1, 0.15) is 20.8 Å². The zero-order valence-corrected chi connectivity index (χ0v) is 11.3. The summed E-state index contributed by atoms with van der Waals surface area (Å²) in [6.45, 7) is 5.80. The van der Waals surface area contributed by atoms with Crippen molar-refractivity contribution in [3.63, 3.8) is 0 Å². The molecule has 100 valence electrons. The number of carbonyl (C=O) groups is 1. The summed E-state index contributed by atoms with van der Waals surface area (Å²) in [6, 6.07) is 4.84. The van der Waals surface area contributed by atoms with Gasteiger partial charge in [0.15, 0.2) is 0 Å². The van der Waals surface area contributed by atoms with Gasteiger partial charge in [-0.2, -0.15) is 0 Å². The molecule has 5 heteroatoms. The molecular weight excluding hydrogens is 240 g/mol. The lowest BCUT2D eigenvalue weighted by molar-refractivity contribution is -0.119. The number of anilines is 1. The van der Waals surface area contributed by atoms with Gasteiger partial charge in [0.1, 0.15) is 0 Å². The Kier molecular flexibility index (Phi) is 3.48. The summed E-state index contributed by atoms with van der Waals surface area (Å²) in [5.41, 5.74) is 7.85. The van der Waals surface area contributed by atoms with E-state index in [2.05, 4.69) is 15.3 Å². The van der Waals surface area contributed by atoms with Gasteiger partial charge in [0.05, 0.1) is 17.1 Å². The number of nitrogens with two attached hydrogens (primary N) is 1. The van der Waals surface area contributed by atoms with Crippen molar-refractivity contribution in [3.8, 4) is 0 Å². The SMILES string of the molecule is CC(C)(C)[C@H](N)C(=O)Nc1ccc2nccnc2c1. The molecule has 0 spiro atoms. The number of nitrogens with zero attached hydrogens (tertiary/aromatic N) is 2. The summed E-state index contributed by atoms with van der Waals surface area (Å²) >= 11 is 0. The summed E-state index contributed by atoms with van der Waals surface area (Å²) in [6.07, 6.45) is 3.25. The quantitative estimate of drug-likeness (QED) is 0.862. The van der Waals surface area contributed by atoms with Gasteiger partial charge >= 0.3 is 0 Å². The molecule has 1 aromatic carbocycles. The van der Waals surface area contributed by atoms with Gasteiger partial charge in [0.2, 0.25) is 5.91 Å². The van der Waals surface area contributed by atoms with E-state index < -0.39 is 6.04 Å². The molecule has 19 heavy (non-hydrogen) atoms. The first kappa shape index (κ1) is 13.4. The molecule has 0 aliphatic carbocycles. The van der Waals surface area contributed by atoms with Gasteiger partial charge in [0, 0.05) is 18.1 Å². The van der Waals surface area contributed by atoms with Crippen LogP contribution in [-0.2, 0) is 4.79 Å². The van der Waals surface area contributed by atoms with E-state index in [0.29, 0.717) is 5.69 Å². The summed E-state index contributed by atoms with van der Waals surface area (Å²) < 4.78 is 0. The summed E-state index contributed by atoms with van der Waals surface area (Å²) in [5, 5.41) is 2.81. The molecule has 0 bridgehead atoms. The molecule has 1 heterocycles. The van der Waals surface area contributed by atoms with Crippen molar-refractivity contribution < 1.29 is 4.79 Å². The Bertz CT molecular complexity index is 604. The number of amides is 1. The fourth-order valence-electron chi connectivity index (χ4n) is 1.65. The van der Waals surface area contributed by atoms with Gasteiger partial charge in [-0.25, -0.2) is 0 Å². The summed E-state index contributed by atoms with van der Waals surface area (Å²) in [7, 11) is 0. The molecule has 2 rings (SSSR count). The maximum Gasteiger partial charge on any atom is 0.241 e. The molecule has 1 amide bonds. The van der Waals surface area contributed by atoms with E-state index in [0.717, 1.165) is 11.0 Å². The van der Waals surface area contributed by atoms with Crippen LogP contribution in [0.25, 0.3) is 11.0 Å². The molecule has 0 saturated carbocycles. The number of hydrogen-bond donors (Lipinski definition) is 2. The lowest BCUT2D eigenvalue weighted by Gasteiger charge is -2.25. The van der Waals surface area contributed by atoms with E-state index >= 15 is 0 Å². The van der Waals surface area contributed by atoms with Crippen LogP contribution < -0.4 is 11.1 Å². The van der Waals surface area contributed by atoms with E-state index in [1.54, 1.807) is 24.5 Å². The molecule has 0 radical (unpaired) electrons. The predicted octanol–water partition coefficient (Wildman–Crippen LogP) is 1.94. The van der Waals surface area contributed by atoms with Crippen LogP contribution in [-0.4, -0.2) is 21.9 Å². The van der Waals surface area contributed by atoms with Crippen LogP contribution in [0.5, 0.6) is 0 Å². The van der Waals surface area contributed by atoms with E-state index in [1.165, 1.54) is 0 Å². The van der Waals surface area contributed by atoms with Gasteiger partial charge in [-0.05, 0) is 23.6 Å². The smallest absolute Gasteiger partial charge is 0.241 e. The lowest BCUT2D eigenvalue weighted by atomic mass is 9.87. The van der Waals surface area contributed by atoms with Crippen LogP contribution in [0.2, 0.25) is 0 Å². The average Bonchev–Trinajstić information content (AvgIpc) is 2.36. The van der Waals surface area contributed by atoms with Crippen LogP contribution in [0, 0.1) is 5.41 Å². The Balaban J connectivity index is 2.20. The fourth-order valence-corrected chi connectivity index (χ4v) is 1.65. The van der Waals surface area contributed by atoms with Crippen molar-refractivity contribution in [2.45, 2.75) is 26.8 Å². The highest BCUT2D eigenvalue weighted by molar-refractivity contribution is 5.96. The maximum atomic E-state index is 12.0. The molecule has 0 aliphatic rings. The van der Waals surface area contributed by atoms with Crippen molar-refractivity contribution >= 4 is 22.6 Å². The first-order valence-corrected chi connectivity index (χ1v) is 6.15. The van der Waals surface area contributed by atoms with Gasteiger partial charge < -0.3 is 11.1 Å². The molecule has 0 fully saturated rings. The van der Waals surface area contributed by atoms with Gasteiger partial charge in [-0.15, -0.1) is 0 Å². The molecule has 5 nitrogen and oxygen atoms in total. The van der Waals surface area contributed by atoms with Crippen molar-refractivity contribution in [3.05, 3.63) is 30.6 Å².